The number of hydrogen-bond donors (Lipinski definition) is 2. The summed E-state index contributed by atoms with van der Waals surface area (Å²) in [5.74, 6) is 0.0951. The number of nitrogen functional groups attached to an aromatic ring is 1. The van der Waals surface area contributed by atoms with Crippen molar-refractivity contribution in [2.75, 3.05) is 12.3 Å². The van der Waals surface area contributed by atoms with E-state index in [0.717, 1.165) is 10.8 Å². The SMILES string of the molecule is CC(NP(=O)(Oc1ccc(N)cc1)Oc1cccc2ccccc12)C(=O)OCC(C)(C)C. The number of rotatable bonds is 8. The normalized spacial score (nSPS) is 14.4. The van der Waals surface area contributed by atoms with Crippen LogP contribution in [-0.2, 0) is 14.1 Å². The third-order valence-corrected chi connectivity index (χ3v) is 6.02. The molecule has 0 aliphatic heterocycles. The van der Waals surface area contributed by atoms with Crippen LogP contribution in [0, 0.1) is 5.41 Å². The van der Waals surface area contributed by atoms with E-state index < -0.39 is 19.8 Å². The Bertz CT molecular complexity index is 1120. The molecule has 0 bridgehead atoms. The molecule has 0 aliphatic carbocycles. The number of fused-ring (bicyclic) bond motifs is 1. The lowest BCUT2D eigenvalue weighted by Crippen LogP contribution is -2.37. The highest BCUT2D eigenvalue weighted by Crippen LogP contribution is 2.47. The fourth-order valence-electron chi connectivity index (χ4n) is 2.85. The number of hydrogen-bond acceptors (Lipinski definition) is 6. The van der Waals surface area contributed by atoms with Crippen molar-refractivity contribution in [1.82, 2.24) is 5.09 Å². The summed E-state index contributed by atoms with van der Waals surface area (Å²) in [6, 6.07) is 18.4. The highest BCUT2D eigenvalue weighted by atomic mass is 31.2. The van der Waals surface area contributed by atoms with E-state index >= 15 is 0 Å². The summed E-state index contributed by atoms with van der Waals surface area (Å²) in [5.41, 5.74) is 6.07. The van der Waals surface area contributed by atoms with E-state index in [9.17, 15) is 9.36 Å². The van der Waals surface area contributed by atoms with E-state index in [1.165, 1.54) is 0 Å². The van der Waals surface area contributed by atoms with Crippen LogP contribution in [-0.4, -0.2) is 18.6 Å². The van der Waals surface area contributed by atoms with E-state index in [0.29, 0.717) is 11.4 Å². The van der Waals surface area contributed by atoms with Crippen LogP contribution in [0.25, 0.3) is 10.8 Å². The monoisotopic (exact) mass is 456 g/mol. The Morgan fingerprint density at radius 2 is 1.66 bits per heavy atom. The van der Waals surface area contributed by atoms with Gasteiger partial charge in [-0.05, 0) is 48.1 Å². The number of anilines is 1. The second kappa shape index (κ2) is 9.63. The first-order valence-electron chi connectivity index (χ1n) is 10.3. The summed E-state index contributed by atoms with van der Waals surface area (Å²) in [7, 11) is -4.05. The Labute approximate surface area is 188 Å². The number of ether oxygens (including phenoxy) is 1. The van der Waals surface area contributed by atoms with Gasteiger partial charge in [0.15, 0.2) is 0 Å². The lowest BCUT2D eigenvalue weighted by atomic mass is 9.99. The van der Waals surface area contributed by atoms with Crippen molar-refractivity contribution < 1.29 is 23.1 Å². The maximum Gasteiger partial charge on any atom is 0.513 e. The van der Waals surface area contributed by atoms with Gasteiger partial charge in [0, 0.05) is 11.1 Å². The van der Waals surface area contributed by atoms with Crippen molar-refractivity contribution in [1.29, 1.82) is 0 Å². The molecule has 3 rings (SSSR count). The third kappa shape index (κ3) is 6.49. The zero-order chi connectivity index (χ0) is 23.4. The molecule has 0 saturated heterocycles. The van der Waals surface area contributed by atoms with Crippen LogP contribution in [0.1, 0.15) is 27.7 Å². The van der Waals surface area contributed by atoms with Gasteiger partial charge in [0.05, 0.1) is 6.61 Å². The maximum absolute atomic E-state index is 13.8. The highest BCUT2D eigenvalue weighted by molar-refractivity contribution is 7.52. The van der Waals surface area contributed by atoms with Gasteiger partial charge >= 0.3 is 13.7 Å². The molecule has 170 valence electrons. The average Bonchev–Trinajstić information content (AvgIpc) is 2.73. The highest BCUT2D eigenvalue weighted by Gasteiger charge is 2.34. The van der Waals surface area contributed by atoms with Gasteiger partial charge in [-0.25, -0.2) is 4.57 Å². The van der Waals surface area contributed by atoms with Gasteiger partial charge in [-0.15, -0.1) is 0 Å². The van der Waals surface area contributed by atoms with E-state index in [1.54, 1.807) is 43.3 Å². The van der Waals surface area contributed by atoms with Crippen LogP contribution in [0.3, 0.4) is 0 Å². The quantitative estimate of drug-likeness (QED) is 0.260. The lowest BCUT2D eigenvalue weighted by molar-refractivity contribution is -0.148. The second-order valence-electron chi connectivity index (χ2n) is 8.75. The topological polar surface area (TPSA) is 99.9 Å². The van der Waals surface area contributed by atoms with Crippen molar-refractivity contribution in [3.63, 3.8) is 0 Å². The van der Waals surface area contributed by atoms with Crippen LogP contribution in [0.4, 0.5) is 5.69 Å². The molecule has 0 fully saturated rings. The molecule has 32 heavy (non-hydrogen) atoms. The van der Waals surface area contributed by atoms with Gasteiger partial charge in [-0.3, -0.25) is 4.79 Å². The van der Waals surface area contributed by atoms with Crippen LogP contribution in [0.2, 0.25) is 0 Å². The molecule has 3 aromatic carbocycles. The number of carbonyl (C=O) groups excluding carboxylic acids is 1. The van der Waals surface area contributed by atoms with Gasteiger partial charge in [-0.2, -0.15) is 5.09 Å². The predicted octanol–water partition coefficient (Wildman–Crippen LogP) is 5.56. The van der Waals surface area contributed by atoms with Crippen molar-refractivity contribution in [2.24, 2.45) is 5.41 Å². The fraction of sp³-hybridized carbons (Fsp3) is 0.292. The van der Waals surface area contributed by atoms with Gasteiger partial charge in [-0.1, -0.05) is 57.2 Å². The van der Waals surface area contributed by atoms with Crippen molar-refractivity contribution >= 4 is 30.2 Å². The summed E-state index contributed by atoms with van der Waals surface area (Å²) in [5, 5.41) is 4.39. The Morgan fingerprint density at radius 3 is 2.34 bits per heavy atom. The first kappa shape index (κ1) is 23.6. The number of esters is 1. The largest absolute Gasteiger partial charge is 0.513 e. The Kier molecular flexibility index (Phi) is 7.12. The van der Waals surface area contributed by atoms with Crippen LogP contribution in [0.5, 0.6) is 11.5 Å². The number of benzene rings is 3. The van der Waals surface area contributed by atoms with E-state index in [-0.39, 0.29) is 17.8 Å². The summed E-state index contributed by atoms with van der Waals surface area (Å²) in [4.78, 5) is 12.5. The molecule has 2 atom stereocenters. The second-order valence-corrected chi connectivity index (χ2v) is 10.4. The number of carbonyl (C=O) groups is 1. The molecule has 0 aromatic heterocycles. The lowest BCUT2D eigenvalue weighted by Gasteiger charge is -2.25. The molecule has 0 saturated carbocycles. The molecule has 3 N–H and O–H groups in total. The Hall–Kier alpha value is -3.02. The first-order chi connectivity index (χ1) is 15.0. The van der Waals surface area contributed by atoms with Crippen molar-refractivity contribution in [3.05, 3.63) is 66.7 Å². The summed E-state index contributed by atoms with van der Waals surface area (Å²) < 4.78 is 30.8. The van der Waals surface area contributed by atoms with E-state index in [1.807, 2.05) is 51.1 Å². The van der Waals surface area contributed by atoms with Crippen LogP contribution >= 0.6 is 7.75 Å². The minimum atomic E-state index is -4.05. The minimum Gasteiger partial charge on any atom is -0.464 e. The molecular formula is C24H29N2O5P. The van der Waals surface area contributed by atoms with Crippen LogP contribution in [0.15, 0.2) is 66.7 Å². The maximum atomic E-state index is 13.8. The van der Waals surface area contributed by atoms with Gasteiger partial charge in [0.2, 0.25) is 0 Å². The standard InChI is InChI=1S/C24H29N2O5P/c1-17(23(27)29-16-24(2,3)4)26-32(28,30-20-14-12-19(25)13-15-20)31-22-11-7-9-18-8-5-6-10-21(18)22/h5-15,17H,16,25H2,1-4H3,(H,26,28). The Balaban J connectivity index is 1.87. The third-order valence-electron chi connectivity index (χ3n) is 4.43. The fourth-order valence-corrected chi connectivity index (χ4v) is 4.39. The number of nitrogens with one attached hydrogen (secondary N) is 1. The zero-order valence-electron chi connectivity index (χ0n) is 18.7. The molecule has 0 spiro atoms. The molecule has 0 heterocycles. The summed E-state index contributed by atoms with van der Waals surface area (Å²) >= 11 is 0. The summed E-state index contributed by atoms with van der Waals surface area (Å²) in [6.45, 7) is 7.65. The molecule has 0 amide bonds. The van der Waals surface area contributed by atoms with Gasteiger partial charge < -0.3 is 19.5 Å². The molecular weight excluding hydrogens is 427 g/mol. The molecule has 0 radical (unpaired) electrons. The molecule has 8 heteroatoms. The van der Waals surface area contributed by atoms with Crippen molar-refractivity contribution in [3.8, 4) is 11.5 Å². The van der Waals surface area contributed by atoms with Crippen LogP contribution < -0.4 is 19.9 Å². The molecule has 0 aliphatic rings. The van der Waals surface area contributed by atoms with Gasteiger partial charge in [0.1, 0.15) is 17.5 Å². The summed E-state index contributed by atoms with van der Waals surface area (Å²) in [6.07, 6.45) is 0. The van der Waals surface area contributed by atoms with E-state index in [2.05, 4.69) is 5.09 Å². The predicted molar refractivity (Wildman–Crippen MR) is 127 cm³/mol. The van der Waals surface area contributed by atoms with E-state index in [4.69, 9.17) is 19.5 Å². The first-order valence-corrected chi connectivity index (χ1v) is 11.9. The number of nitrogens with two attached hydrogens (primary N) is 1. The molecule has 2 unspecified atom stereocenters. The van der Waals surface area contributed by atoms with Crippen molar-refractivity contribution in [2.45, 2.75) is 33.7 Å². The molecule has 7 nitrogen and oxygen atoms in total. The zero-order valence-corrected chi connectivity index (χ0v) is 19.6. The van der Waals surface area contributed by atoms with Gasteiger partial charge in [0.25, 0.3) is 0 Å². The Morgan fingerprint density at radius 1 is 1.00 bits per heavy atom. The minimum absolute atomic E-state index is 0.195. The molecule has 3 aromatic rings. The smallest absolute Gasteiger partial charge is 0.464 e. The average molecular weight is 456 g/mol.